The number of H-pyrrole nitrogens is 1. The highest BCUT2D eigenvalue weighted by Crippen LogP contribution is 2.33. The molecule has 3 unspecified atom stereocenters. The Morgan fingerprint density at radius 2 is 2.24 bits per heavy atom. The zero-order valence-corrected chi connectivity index (χ0v) is 11.0. The molecule has 5 nitrogen and oxygen atoms in total. The SMILES string of the molecule is CC1CCC(C(C)C)C(NCc2nn[nH]n2)C1. The summed E-state index contributed by atoms with van der Waals surface area (Å²) in [5.41, 5.74) is 0. The summed E-state index contributed by atoms with van der Waals surface area (Å²) in [6.07, 6.45) is 3.96. The molecule has 0 aromatic carbocycles. The predicted octanol–water partition coefficient (Wildman–Crippen LogP) is 1.75. The average molecular weight is 237 g/mol. The van der Waals surface area contributed by atoms with Gasteiger partial charge in [-0.15, -0.1) is 10.2 Å². The summed E-state index contributed by atoms with van der Waals surface area (Å²) in [6.45, 7) is 7.71. The lowest BCUT2D eigenvalue weighted by Gasteiger charge is -2.37. The minimum Gasteiger partial charge on any atom is -0.307 e. The van der Waals surface area contributed by atoms with Crippen LogP contribution in [0.1, 0.15) is 45.9 Å². The number of hydrogen-bond donors (Lipinski definition) is 2. The third-order valence-corrected chi connectivity index (χ3v) is 3.93. The molecular formula is C12H23N5. The first kappa shape index (κ1) is 12.5. The average Bonchev–Trinajstić information content (AvgIpc) is 2.78. The lowest BCUT2D eigenvalue weighted by molar-refractivity contribution is 0.168. The Labute approximate surface area is 103 Å². The van der Waals surface area contributed by atoms with E-state index in [1.54, 1.807) is 0 Å². The summed E-state index contributed by atoms with van der Waals surface area (Å²) in [5.74, 6) is 3.10. The van der Waals surface area contributed by atoms with E-state index in [0.717, 1.165) is 30.1 Å². The minimum atomic E-state index is 0.595. The van der Waals surface area contributed by atoms with Crippen molar-refractivity contribution in [1.29, 1.82) is 0 Å². The fourth-order valence-electron chi connectivity index (χ4n) is 2.92. The topological polar surface area (TPSA) is 66.5 Å². The van der Waals surface area contributed by atoms with Crippen LogP contribution >= 0.6 is 0 Å². The number of hydrogen-bond acceptors (Lipinski definition) is 4. The lowest BCUT2D eigenvalue weighted by atomic mass is 9.74. The van der Waals surface area contributed by atoms with Gasteiger partial charge < -0.3 is 5.32 Å². The van der Waals surface area contributed by atoms with Gasteiger partial charge in [0.15, 0.2) is 5.82 Å². The number of nitrogens with zero attached hydrogens (tertiary/aromatic N) is 3. The number of aromatic nitrogens is 4. The second-order valence-corrected chi connectivity index (χ2v) is 5.64. The van der Waals surface area contributed by atoms with Gasteiger partial charge in [0.2, 0.25) is 0 Å². The van der Waals surface area contributed by atoms with Crippen molar-refractivity contribution in [3.05, 3.63) is 5.82 Å². The molecule has 5 heteroatoms. The van der Waals surface area contributed by atoms with Crippen LogP contribution in [0.4, 0.5) is 0 Å². The Morgan fingerprint density at radius 1 is 1.41 bits per heavy atom. The van der Waals surface area contributed by atoms with Crippen molar-refractivity contribution in [1.82, 2.24) is 25.9 Å². The van der Waals surface area contributed by atoms with Crippen LogP contribution in [0.15, 0.2) is 0 Å². The van der Waals surface area contributed by atoms with Crippen molar-refractivity contribution in [2.45, 2.75) is 52.6 Å². The van der Waals surface area contributed by atoms with E-state index in [1.807, 2.05) is 0 Å². The molecule has 0 aliphatic heterocycles. The fraction of sp³-hybridized carbons (Fsp3) is 0.917. The van der Waals surface area contributed by atoms with Gasteiger partial charge in [0.1, 0.15) is 0 Å². The third-order valence-electron chi connectivity index (χ3n) is 3.93. The normalized spacial score (nSPS) is 29.8. The molecule has 2 N–H and O–H groups in total. The first-order valence-electron chi connectivity index (χ1n) is 6.62. The first-order valence-corrected chi connectivity index (χ1v) is 6.62. The van der Waals surface area contributed by atoms with E-state index in [1.165, 1.54) is 19.3 Å². The molecule has 1 aromatic heterocycles. The second kappa shape index (κ2) is 5.58. The predicted molar refractivity (Wildman–Crippen MR) is 66.1 cm³/mol. The Hall–Kier alpha value is -0.970. The molecule has 0 bridgehead atoms. The zero-order chi connectivity index (χ0) is 12.3. The molecule has 1 saturated carbocycles. The van der Waals surface area contributed by atoms with Gasteiger partial charge in [0, 0.05) is 6.04 Å². The maximum Gasteiger partial charge on any atom is 0.188 e. The van der Waals surface area contributed by atoms with Crippen molar-refractivity contribution in [2.24, 2.45) is 17.8 Å². The molecule has 0 spiro atoms. The fourth-order valence-corrected chi connectivity index (χ4v) is 2.92. The highest BCUT2D eigenvalue weighted by atomic mass is 15.5. The van der Waals surface area contributed by atoms with E-state index in [2.05, 4.69) is 46.7 Å². The van der Waals surface area contributed by atoms with Crippen molar-refractivity contribution in [3.8, 4) is 0 Å². The smallest absolute Gasteiger partial charge is 0.188 e. The number of nitrogens with one attached hydrogen (secondary N) is 2. The van der Waals surface area contributed by atoms with E-state index < -0.39 is 0 Å². The van der Waals surface area contributed by atoms with Crippen LogP contribution in [-0.4, -0.2) is 26.7 Å². The Bertz CT molecular complexity index is 322. The molecule has 96 valence electrons. The Morgan fingerprint density at radius 3 is 2.88 bits per heavy atom. The molecular weight excluding hydrogens is 214 g/mol. The molecule has 1 aliphatic rings. The quantitative estimate of drug-likeness (QED) is 0.837. The first-order chi connectivity index (χ1) is 8.16. The molecule has 0 radical (unpaired) electrons. The van der Waals surface area contributed by atoms with E-state index in [9.17, 15) is 0 Å². The van der Waals surface area contributed by atoms with Crippen LogP contribution in [0.25, 0.3) is 0 Å². The van der Waals surface area contributed by atoms with Gasteiger partial charge in [0.25, 0.3) is 0 Å². The summed E-state index contributed by atoms with van der Waals surface area (Å²) < 4.78 is 0. The van der Waals surface area contributed by atoms with Crippen molar-refractivity contribution in [3.63, 3.8) is 0 Å². The lowest BCUT2D eigenvalue weighted by Crippen LogP contribution is -2.42. The summed E-state index contributed by atoms with van der Waals surface area (Å²) in [7, 11) is 0. The number of tetrazole rings is 1. The Balaban J connectivity index is 1.90. The molecule has 3 atom stereocenters. The molecule has 17 heavy (non-hydrogen) atoms. The van der Waals surface area contributed by atoms with Gasteiger partial charge in [-0.1, -0.05) is 32.4 Å². The van der Waals surface area contributed by atoms with Crippen LogP contribution in [0.5, 0.6) is 0 Å². The zero-order valence-electron chi connectivity index (χ0n) is 11.0. The van der Waals surface area contributed by atoms with Crippen molar-refractivity contribution >= 4 is 0 Å². The highest BCUT2D eigenvalue weighted by molar-refractivity contribution is 4.87. The largest absolute Gasteiger partial charge is 0.307 e. The molecule has 2 rings (SSSR count). The Kier molecular flexibility index (Phi) is 4.10. The van der Waals surface area contributed by atoms with Crippen LogP contribution in [0, 0.1) is 17.8 Å². The standard InChI is InChI=1S/C12H23N5/c1-8(2)10-5-4-9(3)6-11(10)13-7-12-14-16-17-15-12/h8-11,13H,4-7H2,1-3H3,(H,14,15,16,17). The van der Waals surface area contributed by atoms with E-state index in [0.29, 0.717) is 6.04 Å². The summed E-state index contributed by atoms with van der Waals surface area (Å²) in [4.78, 5) is 0. The number of aromatic amines is 1. The molecule has 1 fully saturated rings. The van der Waals surface area contributed by atoms with Crippen molar-refractivity contribution < 1.29 is 0 Å². The van der Waals surface area contributed by atoms with Gasteiger partial charge >= 0.3 is 0 Å². The van der Waals surface area contributed by atoms with Crippen LogP contribution in [-0.2, 0) is 6.54 Å². The van der Waals surface area contributed by atoms with E-state index >= 15 is 0 Å². The van der Waals surface area contributed by atoms with Crippen molar-refractivity contribution in [2.75, 3.05) is 0 Å². The molecule has 1 aliphatic carbocycles. The monoisotopic (exact) mass is 237 g/mol. The molecule has 1 heterocycles. The highest BCUT2D eigenvalue weighted by Gasteiger charge is 2.30. The van der Waals surface area contributed by atoms with Crippen LogP contribution < -0.4 is 5.32 Å². The van der Waals surface area contributed by atoms with Gasteiger partial charge in [-0.25, -0.2) is 0 Å². The summed E-state index contributed by atoms with van der Waals surface area (Å²) >= 11 is 0. The summed E-state index contributed by atoms with van der Waals surface area (Å²) in [5, 5.41) is 17.6. The van der Waals surface area contributed by atoms with Gasteiger partial charge in [-0.3, -0.25) is 0 Å². The maximum atomic E-state index is 3.98. The third kappa shape index (κ3) is 3.25. The van der Waals surface area contributed by atoms with Crippen LogP contribution in [0.2, 0.25) is 0 Å². The van der Waals surface area contributed by atoms with Gasteiger partial charge in [-0.2, -0.15) is 5.21 Å². The second-order valence-electron chi connectivity index (χ2n) is 5.64. The molecule has 1 aromatic rings. The number of rotatable bonds is 4. The van der Waals surface area contributed by atoms with Crippen LogP contribution in [0.3, 0.4) is 0 Å². The molecule has 0 saturated heterocycles. The van der Waals surface area contributed by atoms with E-state index in [-0.39, 0.29) is 0 Å². The van der Waals surface area contributed by atoms with E-state index in [4.69, 9.17) is 0 Å². The minimum absolute atomic E-state index is 0.595. The molecule has 0 amide bonds. The van der Waals surface area contributed by atoms with Gasteiger partial charge in [0.05, 0.1) is 6.54 Å². The maximum absolute atomic E-state index is 3.98. The van der Waals surface area contributed by atoms with Gasteiger partial charge in [-0.05, 0) is 30.6 Å². The summed E-state index contributed by atoms with van der Waals surface area (Å²) in [6, 6.07) is 0.595.